The monoisotopic (exact) mass is 228 g/mol. The molecule has 0 saturated carbocycles. The topological polar surface area (TPSA) is 48.1 Å². The van der Waals surface area contributed by atoms with Crippen LogP contribution in [0.25, 0.3) is 10.9 Å². The number of benzene rings is 1. The first kappa shape index (κ1) is 10.7. The molecule has 0 radical (unpaired) electrons. The van der Waals surface area contributed by atoms with Crippen molar-refractivity contribution >= 4 is 10.9 Å². The Morgan fingerprint density at radius 3 is 3.00 bits per heavy atom. The van der Waals surface area contributed by atoms with Gasteiger partial charge in [-0.25, -0.2) is 0 Å². The second kappa shape index (κ2) is 4.43. The summed E-state index contributed by atoms with van der Waals surface area (Å²) >= 11 is 0. The van der Waals surface area contributed by atoms with Gasteiger partial charge in [0, 0.05) is 30.1 Å². The highest BCUT2D eigenvalue weighted by atomic mass is 16.5. The molecule has 0 aliphatic carbocycles. The van der Waals surface area contributed by atoms with Crippen molar-refractivity contribution in [3.05, 3.63) is 42.1 Å². The summed E-state index contributed by atoms with van der Waals surface area (Å²) in [5.41, 5.74) is 8.56. The molecular weight excluding hydrogens is 212 g/mol. The van der Waals surface area contributed by atoms with Crippen LogP contribution in [0.1, 0.15) is 18.0 Å². The second-order valence-corrected chi connectivity index (χ2v) is 4.57. The zero-order valence-electron chi connectivity index (χ0n) is 9.67. The molecule has 0 amide bonds. The first-order chi connectivity index (χ1) is 8.36. The predicted molar refractivity (Wildman–Crippen MR) is 67.6 cm³/mol. The van der Waals surface area contributed by atoms with Crippen LogP contribution < -0.4 is 5.73 Å². The van der Waals surface area contributed by atoms with Gasteiger partial charge in [-0.05, 0) is 24.1 Å². The summed E-state index contributed by atoms with van der Waals surface area (Å²) in [6, 6.07) is 10.2. The van der Waals surface area contributed by atoms with Crippen molar-refractivity contribution < 1.29 is 4.74 Å². The molecule has 1 aromatic heterocycles. The third-order valence-electron chi connectivity index (χ3n) is 3.51. The Kier molecular flexibility index (Phi) is 2.79. The summed E-state index contributed by atoms with van der Waals surface area (Å²) in [6.07, 6.45) is 2.89. The number of aromatic nitrogens is 1. The Morgan fingerprint density at radius 1 is 1.29 bits per heavy atom. The van der Waals surface area contributed by atoms with Crippen LogP contribution in [0, 0.1) is 5.92 Å². The minimum atomic E-state index is 0.0467. The van der Waals surface area contributed by atoms with E-state index in [1.54, 1.807) is 0 Å². The Morgan fingerprint density at radius 2 is 2.18 bits per heavy atom. The van der Waals surface area contributed by atoms with Gasteiger partial charge < -0.3 is 10.5 Å². The number of hydrogen-bond acceptors (Lipinski definition) is 3. The quantitative estimate of drug-likeness (QED) is 0.857. The molecular formula is C14H16N2O. The van der Waals surface area contributed by atoms with Gasteiger partial charge in [-0.1, -0.05) is 18.2 Å². The van der Waals surface area contributed by atoms with Gasteiger partial charge in [-0.2, -0.15) is 0 Å². The van der Waals surface area contributed by atoms with Gasteiger partial charge in [0.15, 0.2) is 0 Å². The number of nitrogens with two attached hydrogens (primary N) is 1. The van der Waals surface area contributed by atoms with Crippen molar-refractivity contribution in [2.45, 2.75) is 12.5 Å². The van der Waals surface area contributed by atoms with E-state index < -0.39 is 0 Å². The molecule has 2 aromatic rings. The van der Waals surface area contributed by atoms with Gasteiger partial charge in [0.1, 0.15) is 0 Å². The van der Waals surface area contributed by atoms with E-state index in [9.17, 15) is 0 Å². The minimum absolute atomic E-state index is 0.0467. The molecule has 1 aliphatic rings. The van der Waals surface area contributed by atoms with Gasteiger partial charge >= 0.3 is 0 Å². The number of ether oxygens (including phenoxy) is 1. The van der Waals surface area contributed by atoms with Crippen LogP contribution in [-0.2, 0) is 4.74 Å². The fraction of sp³-hybridized carbons (Fsp3) is 0.357. The van der Waals surface area contributed by atoms with Gasteiger partial charge in [0.2, 0.25) is 0 Å². The number of rotatable bonds is 2. The fourth-order valence-electron chi connectivity index (χ4n) is 2.50. The Balaban J connectivity index is 2.04. The molecule has 2 unspecified atom stereocenters. The molecule has 2 atom stereocenters. The first-order valence-electron chi connectivity index (χ1n) is 6.03. The van der Waals surface area contributed by atoms with E-state index in [1.807, 2.05) is 30.5 Å². The Hall–Kier alpha value is -1.45. The highest BCUT2D eigenvalue weighted by molar-refractivity contribution is 5.82. The lowest BCUT2D eigenvalue weighted by molar-refractivity contribution is 0.181. The second-order valence-electron chi connectivity index (χ2n) is 4.57. The Bertz CT molecular complexity index is 515. The van der Waals surface area contributed by atoms with Gasteiger partial charge in [-0.15, -0.1) is 0 Å². The molecule has 1 aliphatic heterocycles. The zero-order valence-corrected chi connectivity index (χ0v) is 9.67. The first-order valence-corrected chi connectivity index (χ1v) is 6.03. The largest absolute Gasteiger partial charge is 0.381 e. The molecule has 3 nitrogen and oxygen atoms in total. The third-order valence-corrected chi connectivity index (χ3v) is 3.51. The van der Waals surface area contributed by atoms with Crippen molar-refractivity contribution in [2.24, 2.45) is 11.7 Å². The number of hydrogen-bond donors (Lipinski definition) is 1. The van der Waals surface area contributed by atoms with Crippen molar-refractivity contribution in [3.63, 3.8) is 0 Å². The highest BCUT2D eigenvalue weighted by Crippen LogP contribution is 2.30. The van der Waals surface area contributed by atoms with Crippen LogP contribution in [0.4, 0.5) is 0 Å². The number of nitrogens with zero attached hydrogens (tertiary/aromatic N) is 1. The average molecular weight is 228 g/mol. The number of pyridine rings is 1. The van der Waals surface area contributed by atoms with Crippen LogP contribution in [0.5, 0.6) is 0 Å². The highest BCUT2D eigenvalue weighted by Gasteiger charge is 2.25. The van der Waals surface area contributed by atoms with E-state index in [0.717, 1.165) is 30.5 Å². The molecule has 0 bridgehead atoms. The van der Waals surface area contributed by atoms with Crippen molar-refractivity contribution in [1.29, 1.82) is 0 Å². The van der Waals surface area contributed by atoms with Gasteiger partial charge in [-0.3, -0.25) is 4.98 Å². The molecule has 88 valence electrons. The van der Waals surface area contributed by atoms with E-state index in [0.29, 0.717) is 5.92 Å². The van der Waals surface area contributed by atoms with Crippen LogP contribution in [0.2, 0.25) is 0 Å². The number of fused-ring (bicyclic) bond motifs is 1. The van der Waals surface area contributed by atoms with E-state index in [4.69, 9.17) is 10.5 Å². The van der Waals surface area contributed by atoms with Crippen LogP contribution in [0.15, 0.2) is 36.5 Å². The van der Waals surface area contributed by atoms with Crippen molar-refractivity contribution in [3.8, 4) is 0 Å². The third kappa shape index (κ3) is 1.92. The SMILES string of the molecule is NC(c1ccnc2ccccc12)C1CCOC1. The van der Waals surface area contributed by atoms with Crippen LogP contribution in [0.3, 0.4) is 0 Å². The smallest absolute Gasteiger partial charge is 0.0705 e. The van der Waals surface area contributed by atoms with E-state index >= 15 is 0 Å². The standard InChI is InChI=1S/C14H16N2O/c15-14(10-6-8-17-9-10)12-5-7-16-13-4-2-1-3-11(12)13/h1-5,7,10,14H,6,8-9,15H2. The van der Waals surface area contributed by atoms with E-state index in [-0.39, 0.29) is 6.04 Å². The summed E-state index contributed by atoms with van der Waals surface area (Å²) in [6.45, 7) is 1.61. The fourth-order valence-corrected chi connectivity index (χ4v) is 2.50. The van der Waals surface area contributed by atoms with Crippen LogP contribution in [-0.4, -0.2) is 18.2 Å². The summed E-state index contributed by atoms with van der Waals surface area (Å²) in [5.74, 6) is 0.431. The minimum Gasteiger partial charge on any atom is -0.381 e. The summed E-state index contributed by atoms with van der Waals surface area (Å²) in [5, 5.41) is 1.16. The van der Waals surface area contributed by atoms with Gasteiger partial charge in [0.05, 0.1) is 12.1 Å². The molecule has 3 heteroatoms. The molecule has 0 spiro atoms. The molecule has 17 heavy (non-hydrogen) atoms. The number of para-hydroxylation sites is 1. The van der Waals surface area contributed by atoms with E-state index in [2.05, 4.69) is 11.1 Å². The van der Waals surface area contributed by atoms with Crippen molar-refractivity contribution in [1.82, 2.24) is 4.98 Å². The normalized spacial score (nSPS) is 21.8. The summed E-state index contributed by atoms with van der Waals surface area (Å²) in [4.78, 5) is 4.36. The van der Waals surface area contributed by atoms with Gasteiger partial charge in [0.25, 0.3) is 0 Å². The molecule has 1 saturated heterocycles. The lowest BCUT2D eigenvalue weighted by Gasteiger charge is -2.19. The summed E-state index contributed by atoms with van der Waals surface area (Å²) in [7, 11) is 0. The predicted octanol–water partition coefficient (Wildman–Crippen LogP) is 2.27. The summed E-state index contributed by atoms with van der Waals surface area (Å²) < 4.78 is 5.42. The van der Waals surface area contributed by atoms with Crippen LogP contribution >= 0.6 is 0 Å². The molecule has 2 N–H and O–H groups in total. The van der Waals surface area contributed by atoms with E-state index in [1.165, 1.54) is 5.56 Å². The lowest BCUT2D eigenvalue weighted by Crippen LogP contribution is -2.21. The molecule has 1 fully saturated rings. The maximum absolute atomic E-state index is 6.36. The molecule has 1 aromatic carbocycles. The van der Waals surface area contributed by atoms with Crippen molar-refractivity contribution in [2.75, 3.05) is 13.2 Å². The molecule has 2 heterocycles. The Labute approximate surface area is 101 Å². The molecule has 3 rings (SSSR count). The average Bonchev–Trinajstić information content (AvgIpc) is 2.91. The maximum atomic E-state index is 6.36. The maximum Gasteiger partial charge on any atom is 0.0705 e. The lowest BCUT2D eigenvalue weighted by atomic mass is 9.91. The zero-order chi connectivity index (χ0) is 11.7.